The van der Waals surface area contributed by atoms with Gasteiger partial charge in [0, 0.05) is 6.54 Å². The van der Waals surface area contributed by atoms with Gasteiger partial charge >= 0.3 is 5.97 Å². The molecule has 0 heterocycles. The van der Waals surface area contributed by atoms with Crippen molar-refractivity contribution in [2.75, 3.05) is 13.2 Å². The minimum absolute atomic E-state index is 0.0539. The minimum atomic E-state index is -1.14. The lowest BCUT2D eigenvalue weighted by atomic mass is 10.2. The molecule has 0 aliphatic rings. The highest BCUT2D eigenvalue weighted by atomic mass is 35.5. The minimum Gasteiger partial charge on any atom is -0.484 e. The largest absolute Gasteiger partial charge is 0.484 e. The van der Waals surface area contributed by atoms with Gasteiger partial charge in [-0.1, -0.05) is 25.4 Å². The van der Waals surface area contributed by atoms with Crippen LogP contribution >= 0.6 is 11.6 Å². The Morgan fingerprint density at radius 1 is 1.42 bits per heavy atom. The fraction of sp³-hybridized carbons (Fsp3) is 0.385. The van der Waals surface area contributed by atoms with E-state index in [2.05, 4.69) is 5.32 Å². The monoisotopic (exact) mass is 285 g/mol. The molecule has 1 aromatic rings. The molecule has 0 unspecified atom stereocenters. The first kappa shape index (κ1) is 15.3. The Bertz CT molecular complexity index is 474. The normalized spacial score (nSPS) is 10.3. The number of ether oxygens (including phenoxy) is 1. The highest BCUT2D eigenvalue weighted by Crippen LogP contribution is 2.22. The summed E-state index contributed by atoms with van der Waals surface area (Å²) in [4.78, 5) is 22.3. The maximum atomic E-state index is 11.4. The molecule has 0 fully saturated rings. The standard InChI is InChI=1S/C13H16ClNO4/c1-8(2)6-15-12(16)7-19-9-3-4-11(14)10(5-9)13(17)18/h3-5,8H,6-7H2,1-2H3,(H,15,16)(H,17,18). The van der Waals surface area contributed by atoms with Gasteiger partial charge in [-0.2, -0.15) is 0 Å². The van der Waals surface area contributed by atoms with Crippen LogP contribution < -0.4 is 10.1 Å². The molecule has 0 aromatic heterocycles. The molecule has 5 nitrogen and oxygen atoms in total. The number of hydrogen-bond donors (Lipinski definition) is 2. The van der Waals surface area contributed by atoms with E-state index < -0.39 is 5.97 Å². The number of nitrogens with one attached hydrogen (secondary N) is 1. The molecule has 0 radical (unpaired) electrons. The molecule has 2 N–H and O–H groups in total. The van der Waals surface area contributed by atoms with Crippen molar-refractivity contribution in [3.8, 4) is 5.75 Å². The lowest BCUT2D eigenvalue weighted by Gasteiger charge is -2.09. The van der Waals surface area contributed by atoms with E-state index in [0.29, 0.717) is 18.2 Å². The Balaban J connectivity index is 2.56. The van der Waals surface area contributed by atoms with Crippen LogP contribution in [0.15, 0.2) is 18.2 Å². The van der Waals surface area contributed by atoms with Gasteiger partial charge in [-0.25, -0.2) is 4.79 Å². The van der Waals surface area contributed by atoms with Gasteiger partial charge in [-0.3, -0.25) is 4.79 Å². The predicted molar refractivity (Wildman–Crippen MR) is 71.8 cm³/mol. The molecule has 0 saturated carbocycles. The zero-order chi connectivity index (χ0) is 14.4. The van der Waals surface area contributed by atoms with E-state index in [4.69, 9.17) is 21.4 Å². The number of halogens is 1. The summed E-state index contributed by atoms with van der Waals surface area (Å²) >= 11 is 5.72. The van der Waals surface area contributed by atoms with Gasteiger partial charge in [0.05, 0.1) is 10.6 Å². The second kappa shape index (κ2) is 6.99. The van der Waals surface area contributed by atoms with E-state index in [1.54, 1.807) is 0 Å². The third-order valence-corrected chi connectivity index (χ3v) is 2.58. The third kappa shape index (κ3) is 5.18. The predicted octanol–water partition coefficient (Wildman–Crippen LogP) is 2.19. The molecule has 0 aliphatic carbocycles. The summed E-state index contributed by atoms with van der Waals surface area (Å²) in [6.45, 7) is 4.38. The van der Waals surface area contributed by atoms with Crippen molar-refractivity contribution in [1.82, 2.24) is 5.32 Å². The van der Waals surface area contributed by atoms with Crippen LogP contribution in [0, 0.1) is 5.92 Å². The Kier molecular flexibility index (Phi) is 5.63. The van der Waals surface area contributed by atoms with Crippen molar-refractivity contribution in [2.45, 2.75) is 13.8 Å². The van der Waals surface area contributed by atoms with E-state index in [0.717, 1.165) is 0 Å². The zero-order valence-corrected chi connectivity index (χ0v) is 11.5. The van der Waals surface area contributed by atoms with Gasteiger partial charge in [-0.05, 0) is 24.1 Å². The maximum Gasteiger partial charge on any atom is 0.337 e. The van der Waals surface area contributed by atoms with Gasteiger partial charge in [0.1, 0.15) is 5.75 Å². The van der Waals surface area contributed by atoms with Crippen LogP contribution in [0.1, 0.15) is 24.2 Å². The number of carboxylic acids is 1. The summed E-state index contributed by atoms with van der Waals surface area (Å²) in [6, 6.07) is 4.23. The highest BCUT2D eigenvalue weighted by molar-refractivity contribution is 6.33. The molecular formula is C13H16ClNO4. The second-order valence-electron chi connectivity index (χ2n) is 4.43. The Hall–Kier alpha value is -1.75. The molecule has 104 valence electrons. The first-order valence-corrected chi connectivity index (χ1v) is 6.20. The Labute approximate surface area is 116 Å². The van der Waals surface area contributed by atoms with Crippen molar-refractivity contribution in [1.29, 1.82) is 0 Å². The number of aromatic carboxylic acids is 1. The number of rotatable bonds is 6. The van der Waals surface area contributed by atoms with Gasteiger partial charge in [0.15, 0.2) is 6.61 Å². The first-order valence-electron chi connectivity index (χ1n) is 5.82. The lowest BCUT2D eigenvalue weighted by molar-refractivity contribution is -0.123. The number of hydrogen-bond acceptors (Lipinski definition) is 3. The topological polar surface area (TPSA) is 75.6 Å². The van der Waals surface area contributed by atoms with Crippen molar-refractivity contribution in [3.63, 3.8) is 0 Å². The zero-order valence-electron chi connectivity index (χ0n) is 10.8. The van der Waals surface area contributed by atoms with E-state index in [1.165, 1.54) is 18.2 Å². The van der Waals surface area contributed by atoms with E-state index in [1.807, 2.05) is 13.8 Å². The van der Waals surface area contributed by atoms with Crippen molar-refractivity contribution < 1.29 is 19.4 Å². The summed E-state index contributed by atoms with van der Waals surface area (Å²) in [7, 11) is 0. The van der Waals surface area contributed by atoms with E-state index in [9.17, 15) is 9.59 Å². The van der Waals surface area contributed by atoms with Crippen LogP contribution in [0.4, 0.5) is 0 Å². The van der Waals surface area contributed by atoms with Crippen molar-refractivity contribution in [3.05, 3.63) is 28.8 Å². The van der Waals surface area contributed by atoms with Crippen LogP contribution in [0.25, 0.3) is 0 Å². The molecule has 1 aromatic carbocycles. The Morgan fingerprint density at radius 2 is 2.11 bits per heavy atom. The van der Waals surface area contributed by atoms with Gasteiger partial charge in [-0.15, -0.1) is 0 Å². The Morgan fingerprint density at radius 3 is 2.68 bits per heavy atom. The summed E-state index contributed by atoms with van der Waals surface area (Å²) < 4.78 is 5.21. The van der Waals surface area contributed by atoms with Crippen molar-refractivity contribution >= 4 is 23.5 Å². The number of amides is 1. The number of benzene rings is 1. The maximum absolute atomic E-state index is 11.4. The quantitative estimate of drug-likeness (QED) is 0.840. The second-order valence-corrected chi connectivity index (χ2v) is 4.84. The summed E-state index contributed by atoms with van der Waals surface area (Å²) in [5.74, 6) is -0.736. The molecule has 19 heavy (non-hydrogen) atoms. The number of carbonyl (C=O) groups excluding carboxylic acids is 1. The van der Waals surface area contributed by atoms with Gasteiger partial charge < -0.3 is 15.2 Å². The average molecular weight is 286 g/mol. The van der Waals surface area contributed by atoms with Crippen LogP contribution in [0.3, 0.4) is 0 Å². The molecule has 0 atom stereocenters. The molecule has 0 bridgehead atoms. The third-order valence-electron chi connectivity index (χ3n) is 2.25. The molecule has 0 spiro atoms. The van der Waals surface area contributed by atoms with Crippen LogP contribution in [-0.4, -0.2) is 30.1 Å². The lowest BCUT2D eigenvalue weighted by Crippen LogP contribution is -2.31. The smallest absolute Gasteiger partial charge is 0.337 e. The number of carbonyl (C=O) groups is 2. The molecular weight excluding hydrogens is 270 g/mol. The molecule has 0 saturated heterocycles. The van der Waals surface area contributed by atoms with Gasteiger partial charge in [0.2, 0.25) is 0 Å². The number of carboxylic acid groups (broad SMARTS) is 1. The summed E-state index contributed by atoms with van der Waals surface area (Å²) in [5, 5.41) is 11.7. The average Bonchev–Trinajstić information content (AvgIpc) is 2.35. The van der Waals surface area contributed by atoms with Crippen LogP contribution in [0.2, 0.25) is 5.02 Å². The summed E-state index contributed by atoms with van der Waals surface area (Å²) in [6.07, 6.45) is 0. The van der Waals surface area contributed by atoms with Crippen LogP contribution in [-0.2, 0) is 4.79 Å². The van der Waals surface area contributed by atoms with Crippen LogP contribution in [0.5, 0.6) is 5.75 Å². The first-order chi connectivity index (χ1) is 8.90. The SMILES string of the molecule is CC(C)CNC(=O)COc1ccc(Cl)c(C(=O)O)c1. The molecule has 6 heteroatoms. The van der Waals surface area contributed by atoms with Gasteiger partial charge in [0.25, 0.3) is 5.91 Å². The molecule has 1 amide bonds. The van der Waals surface area contributed by atoms with Crippen molar-refractivity contribution in [2.24, 2.45) is 5.92 Å². The van der Waals surface area contributed by atoms with E-state index >= 15 is 0 Å². The highest BCUT2D eigenvalue weighted by Gasteiger charge is 2.11. The fourth-order valence-electron chi connectivity index (χ4n) is 1.28. The summed E-state index contributed by atoms with van der Waals surface area (Å²) in [5.41, 5.74) is -0.0539. The van der Waals surface area contributed by atoms with E-state index in [-0.39, 0.29) is 23.1 Å². The molecule has 1 rings (SSSR count). The molecule has 0 aliphatic heterocycles. The fourth-order valence-corrected chi connectivity index (χ4v) is 1.47.